The van der Waals surface area contributed by atoms with E-state index in [1.54, 1.807) is 0 Å². The highest BCUT2D eigenvalue weighted by Crippen LogP contribution is 2.73. The first-order chi connectivity index (χ1) is 30.7. The van der Waals surface area contributed by atoms with Crippen molar-refractivity contribution in [2.24, 2.45) is 0 Å². The largest absolute Gasteiger partial charge is 0.456 e. The summed E-state index contributed by atoms with van der Waals surface area (Å²) in [5.41, 5.74) is 8.99. The minimum absolute atomic E-state index is 0.627. The summed E-state index contributed by atoms with van der Waals surface area (Å²) in [5.74, 6) is 1.91. The molecule has 0 saturated heterocycles. The van der Waals surface area contributed by atoms with E-state index in [1.165, 1.54) is 19.6 Å². The molecule has 11 aromatic rings. The van der Waals surface area contributed by atoms with Crippen LogP contribution in [0.2, 0.25) is 0 Å². The van der Waals surface area contributed by atoms with Crippen LogP contribution in [0.5, 0.6) is 0 Å². The van der Waals surface area contributed by atoms with Crippen LogP contribution in [0.4, 0.5) is 0 Å². The number of rotatable bonds is 9. The average Bonchev–Trinajstić information content (AvgIpc) is 3.74. The monoisotopic (exact) mass is 813 g/mol. The standard InChI is InChI=1S/C57H39N3OS/c1-6-17-42(18-7-1)55-58-56(43-19-8-2-9-20-43)60-57(59-55)44-31-29-41(30-32-44)50-27-16-28-53-54(50)51-39-45(35-38-52(51)61-53)40-33-36-49(37-34-40)62(46-21-10-3-11-22-46,47-23-12-4-13-24-47)48-25-14-5-15-26-48/h1-39H. The molecule has 4 nitrogen and oxygen atoms in total. The van der Waals surface area contributed by atoms with Gasteiger partial charge in [-0.1, -0.05) is 170 Å². The summed E-state index contributed by atoms with van der Waals surface area (Å²) in [4.78, 5) is 20.0. The summed E-state index contributed by atoms with van der Waals surface area (Å²) in [7, 11) is -1.78. The van der Waals surface area contributed by atoms with Gasteiger partial charge in [-0.3, -0.25) is 0 Å². The molecule has 0 aliphatic carbocycles. The smallest absolute Gasteiger partial charge is 0.164 e. The van der Waals surface area contributed by atoms with Gasteiger partial charge in [0.15, 0.2) is 17.5 Å². The van der Waals surface area contributed by atoms with Gasteiger partial charge < -0.3 is 4.42 Å². The Bertz CT molecular complexity index is 3150. The molecule has 0 aliphatic heterocycles. The van der Waals surface area contributed by atoms with Gasteiger partial charge in [0.25, 0.3) is 0 Å². The molecule has 0 saturated carbocycles. The summed E-state index contributed by atoms with van der Waals surface area (Å²) >= 11 is 0. The zero-order chi connectivity index (χ0) is 41.3. The number of hydrogen-bond donors (Lipinski definition) is 0. The predicted molar refractivity (Wildman–Crippen MR) is 254 cm³/mol. The molecular formula is C57H39N3OS. The molecule has 11 rings (SSSR count). The second-order valence-electron chi connectivity index (χ2n) is 15.2. The third-order valence-corrected chi connectivity index (χ3v) is 15.4. The van der Waals surface area contributed by atoms with Crippen LogP contribution < -0.4 is 0 Å². The summed E-state index contributed by atoms with van der Waals surface area (Å²) in [6.07, 6.45) is 0. The highest BCUT2D eigenvalue weighted by atomic mass is 32.3. The summed E-state index contributed by atoms with van der Waals surface area (Å²) < 4.78 is 6.50. The lowest BCUT2D eigenvalue weighted by Gasteiger charge is -2.42. The first-order valence-corrected chi connectivity index (χ1v) is 22.4. The topological polar surface area (TPSA) is 51.8 Å². The zero-order valence-electron chi connectivity index (χ0n) is 33.7. The number of aromatic nitrogens is 3. The molecule has 294 valence electrons. The molecule has 0 N–H and O–H groups in total. The van der Waals surface area contributed by atoms with E-state index in [1.807, 2.05) is 60.7 Å². The number of fused-ring (bicyclic) bond motifs is 3. The van der Waals surface area contributed by atoms with E-state index in [4.69, 9.17) is 19.4 Å². The van der Waals surface area contributed by atoms with Crippen molar-refractivity contribution in [3.05, 3.63) is 237 Å². The van der Waals surface area contributed by atoms with Crippen molar-refractivity contribution in [2.45, 2.75) is 19.6 Å². The summed E-state index contributed by atoms with van der Waals surface area (Å²) in [6, 6.07) is 83.7. The van der Waals surface area contributed by atoms with Crippen molar-refractivity contribution in [2.75, 3.05) is 0 Å². The average molecular weight is 814 g/mol. The van der Waals surface area contributed by atoms with Gasteiger partial charge in [0.1, 0.15) is 11.2 Å². The van der Waals surface area contributed by atoms with Gasteiger partial charge in [0, 0.05) is 47.0 Å². The van der Waals surface area contributed by atoms with E-state index < -0.39 is 10.0 Å². The Kier molecular flexibility index (Phi) is 9.57. The predicted octanol–water partition coefficient (Wildman–Crippen LogP) is 15.4. The first kappa shape index (κ1) is 37.2. The molecule has 0 bridgehead atoms. The maximum Gasteiger partial charge on any atom is 0.164 e. The van der Waals surface area contributed by atoms with Gasteiger partial charge >= 0.3 is 0 Å². The van der Waals surface area contributed by atoms with Crippen LogP contribution in [-0.2, 0) is 0 Å². The van der Waals surface area contributed by atoms with Crippen molar-refractivity contribution in [3.8, 4) is 56.4 Å². The van der Waals surface area contributed by atoms with Crippen LogP contribution in [0, 0.1) is 0 Å². The minimum atomic E-state index is -1.78. The fraction of sp³-hybridized carbons (Fsp3) is 0. The van der Waals surface area contributed by atoms with Gasteiger partial charge in [-0.15, -0.1) is 10.0 Å². The van der Waals surface area contributed by atoms with E-state index >= 15 is 0 Å². The molecule has 62 heavy (non-hydrogen) atoms. The van der Waals surface area contributed by atoms with Gasteiger partial charge in [-0.25, -0.2) is 15.0 Å². The Morgan fingerprint density at radius 1 is 0.290 bits per heavy atom. The molecule has 0 aliphatic rings. The summed E-state index contributed by atoms with van der Waals surface area (Å²) in [6.45, 7) is 0. The van der Waals surface area contributed by atoms with Crippen LogP contribution in [0.3, 0.4) is 0 Å². The van der Waals surface area contributed by atoms with Gasteiger partial charge in [0.05, 0.1) is 0 Å². The van der Waals surface area contributed by atoms with Gasteiger partial charge in [-0.2, -0.15) is 0 Å². The van der Waals surface area contributed by atoms with Crippen LogP contribution >= 0.6 is 10.0 Å². The maximum atomic E-state index is 6.50. The van der Waals surface area contributed by atoms with E-state index in [2.05, 4.69) is 176 Å². The Labute approximate surface area is 362 Å². The molecule has 0 atom stereocenters. The molecule has 9 aromatic carbocycles. The highest BCUT2D eigenvalue weighted by Gasteiger charge is 2.33. The maximum absolute atomic E-state index is 6.50. The highest BCUT2D eigenvalue weighted by molar-refractivity contribution is 8.34. The molecule has 0 amide bonds. The SMILES string of the molecule is c1ccc(-c2nc(-c3ccccc3)nc(-c3ccc(-c4cccc5oc6ccc(-c7ccc(S(c8ccccc8)(c8ccccc8)c8ccccc8)cc7)cc6c45)cc3)n2)cc1. The Balaban J connectivity index is 0.977. The van der Waals surface area contributed by atoms with Crippen LogP contribution in [0.25, 0.3) is 78.4 Å². The lowest BCUT2D eigenvalue weighted by molar-refractivity contribution is 0.669. The van der Waals surface area contributed by atoms with Crippen molar-refractivity contribution >= 4 is 32.0 Å². The van der Waals surface area contributed by atoms with E-state index in [0.29, 0.717) is 17.5 Å². The molecule has 0 spiro atoms. The van der Waals surface area contributed by atoms with E-state index in [-0.39, 0.29) is 0 Å². The number of benzene rings is 9. The van der Waals surface area contributed by atoms with Crippen LogP contribution in [-0.4, -0.2) is 15.0 Å². The number of nitrogens with zero attached hydrogens (tertiary/aromatic N) is 3. The molecule has 2 aromatic heterocycles. The fourth-order valence-corrected chi connectivity index (χ4v) is 12.4. The third kappa shape index (κ3) is 6.66. The Morgan fingerprint density at radius 2 is 0.694 bits per heavy atom. The second-order valence-corrected chi connectivity index (χ2v) is 18.3. The Morgan fingerprint density at radius 3 is 1.19 bits per heavy atom. The third-order valence-electron chi connectivity index (χ3n) is 11.5. The number of hydrogen-bond acceptors (Lipinski definition) is 4. The lowest BCUT2D eigenvalue weighted by atomic mass is 9.97. The Hall–Kier alpha value is -7.86. The second kappa shape index (κ2) is 16.0. The molecule has 0 radical (unpaired) electrons. The molecule has 0 fully saturated rings. The van der Waals surface area contributed by atoms with Crippen molar-refractivity contribution in [1.82, 2.24) is 15.0 Å². The van der Waals surface area contributed by atoms with Gasteiger partial charge in [0.2, 0.25) is 0 Å². The van der Waals surface area contributed by atoms with Crippen molar-refractivity contribution < 1.29 is 4.42 Å². The lowest BCUT2D eigenvalue weighted by Crippen LogP contribution is -2.05. The number of furan rings is 1. The minimum Gasteiger partial charge on any atom is -0.456 e. The zero-order valence-corrected chi connectivity index (χ0v) is 34.5. The van der Waals surface area contributed by atoms with E-state index in [9.17, 15) is 0 Å². The van der Waals surface area contributed by atoms with Crippen LogP contribution in [0.15, 0.2) is 261 Å². The van der Waals surface area contributed by atoms with Gasteiger partial charge in [-0.05, 0) is 89.0 Å². The molecule has 2 heterocycles. The van der Waals surface area contributed by atoms with Crippen LogP contribution in [0.1, 0.15) is 0 Å². The summed E-state index contributed by atoms with van der Waals surface area (Å²) in [5, 5.41) is 2.17. The first-order valence-electron chi connectivity index (χ1n) is 20.7. The molecule has 5 heteroatoms. The van der Waals surface area contributed by atoms with Crippen molar-refractivity contribution in [3.63, 3.8) is 0 Å². The quantitative estimate of drug-likeness (QED) is 0.146. The van der Waals surface area contributed by atoms with E-state index in [0.717, 1.165) is 60.9 Å². The molecular weight excluding hydrogens is 775 g/mol. The normalized spacial score (nSPS) is 11.8. The fourth-order valence-electron chi connectivity index (χ4n) is 8.53. The molecule has 0 unspecified atom stereocenters. The van der Waals surface area contributed by atoms with Crippen molar-refractivity contribution in [1.29, 1.82) is 0 Å².